The van der Waals surface area contributed by atoms with Crippen molar-refractivity contribution >= 4 is 18.5 Å². The Morgan fingerprint density at radius 2 is 2.33 bits per heavy atom. The van der Waals surface area contributed by atoms with Crippen LogP contribution in [0.2, 0.25) is 0 Å². The van der Waals surface area contributed by atoms with Gasteiger partial charge in [-0.25, -0.2) is 0 Å². The smallest absolute Gasteiger partial charge is 0.233 e. The van der Waals surface area contributed by atoms with E-state index < -0.39 is 0 Å². The van der Waals surface area contributed by atoms with Gasteiger partial charge in [0, 0.05) is 18.9 Å². The second-order valence-corrected chi connectivity index (χ2v) is 4.31. The van der Waals surface area contributed by atoms with Crippen molar-refractivity contribution in [2.24, 2.45) is 5.92 Å². The zero-order valence-corrected chi connectivity index (χ0v) is 9.95. The number of nitrogens with zero attached hydrogens (tertiary/aromatic N) is 2. The Morgan fingerprint density at radius 1 is 1.60 bits per heavy atom. The maximum absolute atomic E-state index is 11.5. The van der Waals surface area contributed by atoms with Crippen molar-refractivity contribution in [1.29, 1.82) is 0 Å². The number of aromatic nitrogens is 2. The fourth-order valence-electron chi connectivity index (χ4n) is 1.13. The van der Waals surface area contributed by atoms with Crippen LogP contribution in [-0.4, -0.2) is 27.5 Å². The Labute approximate surface area is 95.5 Å². The molecule has 0 fully saturated rings. The number of nitrogens with one attached hydrogen (secondary N) is 1. The minimum atomic E-state index is -0.234. The quantitative estimate of drug-likeness (QED) is 0.736. The van der Waals surface area contributed by atoms with Gasteiger partial charge in [0.2, 0.25) is 5.91 Å². The third kappa shape index (κ3) is 3.95. The summed E-state index contributed by atoms with van der Waals surface area (Å²) in [5, 5.41) is 6.63. The van der Waals surface area contributed by atoms with E-state index in [9.17, 15) is 4.79 Å². The van der Waals surface area contributed by atoms with Gasteiger partial charge in [-0.15, -0.1) is 0 Å². The lowest BCUT2D eigenvalue weighted by molar-refractivity contribution is -0.121. The highest BCUT2D eigenvalue weighted by atomic mass is 32.1. The first-order valence-corrected chi connectivity index (χ1v) is 5.56. The van der Waals surface area contributed by atoms with Crippen LogP contribution < -0.4 is 5.32 Å². The summed E-state index contributed by atoms with van der Waals surface area (Å²) >= 11 is 4.23. The number of thiol groups is 1. The topological polar surface area (TPSA) is 46.9 Å². The fraction of sp³-hybridized carbons (Fsp3) is 0.600. The summed E-state index contributed by atoms with van der Waals surface area (Å²) in [4.78, 5) is 11.5. The molecule has 1 N–H and O–H groups in total. The van der Waals surface area contributed by atoms with Crippen LogP contribution in [0.5, 0.6) is 0 Å². The van der Waals surface area contributed by atoms with Crippen LogP contribution in [0.15, 0.2) is 18.5 Å². The second kappa shape index (κ2) is 5.80. The van der Waals surface area contributed by atoms with Crippen LogP contribution in [0.25, 0.3) is 0 Å². The van der Waals surface area contributed by atoms with Crippen molar-refractivity contribution in [1.82, 2.24) is 15.1 Å². The van der Waals surface area contributed by atoms with Crippen molar-refractivity contribution in [3.05, 3.63) is 18.5 Å². The molecule has 1 amide bonds. The number of amides is 1. The number of hydrogen-bond acceptors (Lipinski definition) is 3. The molecule has 0 aliphatic heterocycles. The Balaban J connectivity index is 2.23. The van der Waals surface area contributed by atoms with Crippen molar-refractivity contribution in [2.75, 3.05) is 6.54 Å². The molecule has 0 aromatic carbocycles. The van der Waals surface area contributed by atoms with Gasteiger partial charge >= 0.3 is 0 Å². The maximum atomic E-state index is 11.5. The summed E-state index contributed by atoms with van der Waals surface area (Å²) in [5.41, 5.74) is 0. The molecule has 1 unspecified atom stereocenters. The molecule has 0 aliphatic rings. The molecule has 5 heteroatoms. The van der Waals surface area contributed by atoms with E-state index in [4.69, 9.17) is 0 Å². The summed E-state index contributed by atoms with van der Waals surface area (Å²) in [5.74, 6) is 0.235. The van der Waals surface area contributed by atoms with Gasteiger partial charge in [0.15, 0.2) is 0 Å². The van der Waals surface area contributed by atoms with Crippen LogP contribution in [0.4, 0.5) is 0 Å². The highest BCUT2D eigenvalue weighted by Crippen LogP contribution is 2.08. The average molecular weight is 227 g/mol. The van der Waals surface area contributed by atoms with Gasteiger partial charge in [0.05, 0.1) is 11.8 Å². The molecule has 84 valence electrons. The van der Waals surface area contributed by atoms with Crippen LogP contribution in [0.1, 0.15) is 13.8 Å². The van der Waals surface area contributed by atoms with Crippen molar-refractivity contribution in [3.63, 3.8) is 0 Å². The zero-order valence-electron chi connectivity index (χ0n) is 9.05. The number of carbonyl (C=O) groups is 1. The van der Waals surface area contributed by atoms with Crippen LogP contribution in [-0.2, 0) is 11.3 Å². The van der Waals surface area contributed by atoms with Gasteiger partial charge in [-0.2, -0.15) is 17.7 Å². The second-order valence-electron chi connectivity index (χ2n) is 3.75. The lowest BCUT2D eigenvalue weighted by Gasteiger charge is -2.14. The van der Waals surface area contributed by atoms with Gasteiger partial charge in [0.25, 0.3) is 0 Å². The lowest BCUT2D eigenvalue weighted by atomic mass is 10.1. The van der Waals surface area contributed by atoms with Gasteiger partial charge < -0.3 is 5.32 Å². The molecule has 1 aromatic heterocycles. The molecule has 1 atom stereocenters. The Morgan fingerprint density at radius 3 is 2.87 bits per heavy atom. The first-order chi connectivity index (χ1) is 7.11. The molecule has 0 aliphatic carbocycles. The first kappa shape index (κ1) is 12.1. The molecule has 1 aromatic rings. The molecule has 0 bridgehead atoms. The largest absolute Gasteiger partial charge is 0.353 e. The molecule has 0 spiro atoms. The molecule has 1 rings (SSSR count). The van der Waals surface area contributed by atoms with Crippen molar-refractivity contribution in [3.8, 4) is 0 Å². The van der Waals surface area contributed by atoms with Crippen molar-refractivity contribution < 1.29 is 4.79 Å². The number of rotatable bonds is 5. The summed E-state index contributed by atoms with van der Waals surface area (Å²) in [7, 11) is 0. The Hall–Kier alpha value is -0.970. The molecular weight excluding hydrogens is 210 g/mol. The van der Waals surface area contributed by atoms with E-state index in [0.717, 1.165) is 0 Å². The molecule has 15 heavy (non-hydrogen) atoms. The third-order valence-corrected chi connectivity index (χ3v) is 2.93. The maximum Gasteiger partial charge on any atom is 0.233 e. The van der Waals surface area contributed by atoms with Crippen LogP contribution >= 0.6 is 12.6 Å². The SMILES string of the molecule is CC(C)C(S)C(=O)NCCn1cccn1. The predicted molar refractivity (Wildman–Crippen MR) is 62.8 cm³/mol. The van der Waals surface area contributed by atoms with E-state index in [1.807, 2.05) is 26.1 Å². The number of hydrogen-bond donors (Lipinski definition) is 2. The van der Waals surface area contributed by atoms with E-state index in [0.29, 0.717) is 13.1 Å². The Kier molecular flexibility index (Phi) is 4.68. The average Bonchev–Trinajstić information content (AvgIpc) is 2.69. The van der Waals surface area contributed by atoms with Crippen LogP contribution in [0.3, 0.4) is 0 Å². The van der Waals surface area contributed by atoms with Gasteiger partial charge in [-0.05, 0) is 12.0 Å². The summed E-state index contributed by atoms with van der Waals surface area (Å²) < 4.78 is 1.78. The van der Waals surface area contributed by atoms with Gasteiger partial charge in [-0.1, -0.05) is 13.8 Å². The van der Waals surface area contributed by atoms with Gasteiger partial charge in [0.1, 0.15) is 0 Å². The highest BCUT2D eigenvalue weighted by molar-refractivity contribution is 7.81. The summed E-state index contributed by atoms with van der Waals surface area (Å²) in [6.07, 6.45) is 3.59. The molecule has 0 saturated carbocycles. The normalized spacial score (nSPS) is 12.8. The van der Waals surface area contributed by atoms with E-state index in [1.54, 1.807) is 10.9 Å². The first-order valence-electron chi connectivity index (χ1n) is 5.04. The predicted octanol–water partition coefficient (Wildman–Crippen LogP) is 0.954. The molecule has 1 heterocycles. The van der Waals surface area contributed by atoms with E-state index in [1.165, 1.54) is 0 Å². The highest BCUT2D eigenvalue weighted by Gasteiger charge is 2.16. The third-order valence-electron chi connectivity index (χ3n) is 2.10. The minimum Gasteiger partial charge on any atom is -0.353 e. The van der Waals surface area contributed by atoms with E-state index in [-0.39, 0.29) is 17.1 Å². The Bertz CT molecular complexity index is 298. The molecular formula is C10H17N3OS. The monoisotopic (exact) mass is 227 g/mol. The van der Waals surface area contributed by atoms with E-state index in [2.05, 4.69) is 23.0 Å². The summed E-state index contributed by atoms with van der Waals surface area (Å²) in [6, 6.07) is 1.86. The minimum absolute atomic E-state index is 0.0134. The molecule has 0 radical (unpaired) electrons. The number of carbonyl (C=O) groups excluding carboxylic acids is 1. The molecule has 4 nitrogen and oxygen atoms in total. The fourth-order valence-corrected chi connectivity index (χ4v) is 1.22. The van der Waals surface area contributed by atoms with E-state index >= 15 is 0 Å². The van der Waals surface area contributed by atoms with Crippen molar-refractivity contribution in [2.45, 2.75) is 25.6 Å². The summed E-state index contributed by atoms with van der Waals surface area (Å²) in [6.45, 7) is 5.23. The standard InChI is InChI=1S/C10H17N3OS/c1-8(2)9(15)10(14)11-5-7-13-6-3-4-12-13/h3-4,6,8-9,15H,5,7H2,1-2H3,(H,11,14). The molecule has 0 saturated heterocycles. The van der Waals surface area contributed by atoms with Gasteiger partial charge in [-0.3, -0.25) is 9.48 Å². The van der Waals surface area contributed by atoms with Crippen LogP contribution in [0, 0.1) is 5.92 Å². The lowest BCUT2D eigenvalue weighted by Crippen LogP contribution is -2.36. The zero-order chi connectivity index (χ0) is 11.3.